The monoisotopic (exact) mass is 248 g/mol. The maximum Gasteiger partial charge on any atom is 0.236 e. The van der Waals surface area contributed by atoms with Crippen LogP contribution in [-0.4, -0.2) is 11.9 Å². The summed E-state index contributed by atoms with van der Waals surface area (Å²) in [6.07, 6.45) is 0. The van der Waals surface area contributed by atoms with Gasteiger partial charge in [-0.05, 0) is 36.0 Å². The fourth-order valence-electron chi connectivity index (χ4n) is 1.70. The van der Waals surface area contributed by atoms with E-state index in [1.807, 2.05) is 0 Å². The van der Waals surface area contributed by atoms with Gasteiger partial charge < -0.3 is 11.1 Å². The minimum atomic E-state index is -0.459. The smallest absolute Gasteiger partial charge is 0.236 e. The third-order valence-corrected chi connectivity index (χ3v) is 3.08. The zero-order valence-corrected chi connectivity index (χ0v) is 12.0. The van der Waals surface area contributed by atoms with Crippen LogP contribution in [0.25, 0.3) is 0 Å². The molecule has 1 rings (SSSR count). The molecule has 0 heterocycles. The van der Waals surface area contributed by atoms with E-state index >= 15 is 0 Å². The number of carbonyl (C=O) groups excluding carboxylic acids is 1. The molecule has 100 valence electrons. The lowest BCUT2D eigenvalue weighted by Crippen LogP contribution is -2.37. The van der Waals surface area contributed by atoms with Gasteiger partial charge in [0.05, 0.1) is 6.04 Å². The van der Waals surface area contributed by atoms with Crippen LogP contribution in [0.3, 0.4) is 0 Å². The third-order valence-electron chi connectivity index (χ3n) is 3.08. The number of hydrogen-bond donors (Lipinski definition) is 2. The van der Waals surface area contributed by atoms with Crippen molar-refractivity contribution in [1.82, 2.24) is 5.32 Å². The molecular formula is C15H24N2O. The fourth-order valence-corrected chi connectivity index (χ4v) is 1.70. The van der Waals surface area contributed by atoms with Crippen molar-refractivity contribution in [3.8, 4) is 0 Å². The Morgan fingerprint density at radius 3 is 2.44 bits per heavy atom. The summed E-state index contributed by atoms with van der Waals surface area (Å²) < 4.78 is 0. The number of nitrogens with two attached hydrogens (primary N) is 1. The summed E-state index contributed by atoms with van der Waals surface area (Å²) >= 11 is 0. The number of amides is 1. The fraction of sp³-hybridized carbons (Fsp3) is 0.533. The second-order valence-electron chi connectivity index (χ2n) is 5.90. The van der Waals surface area contributed by atoms with E-state index in [2.05, 4.69) is 51.2 Å². The summed E-state index contributed by atoms with van der Waals surface area (Å²) in [5, 5.41) is 2.83. The van der Waals surface area contributed by atoms with Crippen LogP contribution < -0.4 is 11.1 Å². The highest BCUT2D eigenvalue weighted by atomic mass is 16.2. The summed E-state index contributed by atoms with van der Waals surface area (Å²) in [5.74, 6) is -0.116. The predicted octanol–water partition coefficient (Wildman–Crippen LogP) is 2.26. The quantitative estimate of drug-likeness (QED) is 0.862. The number of nitrogens with one attached hydrogen (secondary N) is 1. The SMILES string of the molecule is Cc1cc(C(C)(C)C)ccc1CNC(=O)C(C)N. The lowest BCUT2D eigenvalue weighted by Gasteiger charge is -2.20. The minimum Gasteiger partial charge on any atom is -0.351 e. The minimum absolute atomic E-state index is 0.116. The van der Waals surface area contributed by atoms with Gasteiger partial charge in [0.2, 0.25) is 5.91 Å². The standard InChI is InChI=1S/C15H24N2O/c1-10-8-13(15(3,4)5)7-6-12(10)9-17-14(18)11(2)16/h6-8,11H,9,16H2,1-5H3,(H,17,18). The molecule has 1 aromatic carbocycles. The Kier molecular flexibility index (Phi) is 4.52. The van der Waals surface area contributed by atoms with Crippen LogP contribution in [-0.2, 0) is 16.8 Å². The van der Waals surface area contributed by atoms with Crippen molar-refractivity contribution in [3.63, 3.8) is 0 Å². The van der Waals surface area contributed by atoms with Gasteiger partial charge in [-0.3, -0.25) is 4.79 Å². The van der Waals surface area contributed by atoms with E-state index in [0.29, 0.717) is 6.54 Å². The lowest BCUT2D eigenvalue weighted by molar-refractivity contribution is -0.122. The molecule has 1 amide bonds. The van der Waals surface area contributed by atoms with Gasteiger partial charge in [-0.25, -0.2) is 0 Å². The topological polar surface area (TPSA) is 55.1 Å². The second kappa shape index (κ2) is 5.53. The van der Waals surface area contributed by atoms with Crippen molar-refractivity contribution in [3.05, 3.63) is 34.9 Å². The van der Waals surface area contributed by atoms with Crippen molar-refractivity contribution in [1.29, 1.82) is 0 Å². The van der Waals surface area contributed by atoms with Crippen LogP contribution in [0.4, 0.5) is 0 Å². The molecular weight excluding hydrogens is 224 g/mol. The van der Waals surface area contributed by atoms with Gasteiger partial charge in [-0.15, -0.1) is 0 Å². The second-order valence-corrected chi connectivity index (χ2v) is 5.90. The van der Waals surface area contributed by atoms with Gasteiger partial charge in [0, 0.05) is 6.54 Å². The van der Waals surface area contributed by atoms with Gasteiger partial charge in [-0.2, -0.15) is 0 Å². The first kappa shape index (κ1) is 14.7. The molecule has 0 aliphatic carbocycles. The van der Waals surface area contributed by atoms with Crippen LogP contribution in [0.5, 0.6) is 0 Å². The zero-order chi connectivity index (χ0) is 13.9. The molecule has 0 radical (unpaired) electrons. The van der Waals surface area contributed by atoms with E-state index in [1.54, 1.807) is 6.92 Å². The van der Waals surface area contributed by atoms with Crippen LogP contribution in [0.2, 0.25) is 0 Å². The molecule has 3 heteroatoms. The lowest BCUT2D eigenvalue weighted by atomic mass is 9.85. The van der Waals surface area contributed by atoms with Crippen molar-refractivity contribution in [2.24, 2.45) is 5.73 Å². The highest BCUT2D eigenvalue weighted by Gasteiger charge is 2.14. The van der Waals surface area contributed by atoms with E-state index in [-0.39, 0.29) is 11.3 Å². The molecule has 0 fully saturated rings. The Labute approximate surface area is 110 Å². The van der Waals surface area contributed by atoms with Gasteiger partial charge in [0.15, 0.2) is 0 Å². The Balaban J connectivity index is 2.78. The molecule has 0 spiro atoms. The van der Waals surface area contributed by atoms with E-state index in [9.17, 15) is 4.79 Å². The largest absolute Gasteiger partial charge is 0.351 e. The first-order valence-electron chi connectivity index (χ1n) is 6.35. The van der Waals surface area contributed by atoms with Gasteiger partial charge in [0.25, 0.3) is 0 Å². The Morgan fingerprint density at radius 2 is 2.00 bits per heavy atom. The molecule has 18 heavy (non-hydrogen) atoms. The molecule has 1 atom stereocenters. The van der Waals surface area contributed by atoms with Crippen LogP contribution in [0.1, 0.15) is 44.4 Å². The molecule has 3 nitrogen and oxygen atoms in total. The summed E-state index contributed by atoms with van der Waals surface area (Å²) in [5.41, 5.74) is 9.30. The highest BCUT2D eigenvalue weighted by Crippen LogP contribution is 2.24. The van der Waals surface area contributed by atoms with E-state index in [4.69, 9.17) is 5.73 Å². The highest BCUT2D eigenvalue weighted by molar-refractivity contribution is 5.80. The number of benzene rings is 1. The molecule has 1 aromatic rings. The van der Waals surface area contributed by atoms with E-state index in [0.717, 1.165) is 5.56 Å². The third kappa shape index (κ3) is 3.84. The van der Waals surface area contributed by atoms with E-state index in [1.165, 1.54) is 11.1 Å². The van der Waals surface area contributed by atoms with Gasteiger partial charge >= 0.3 is 0 Å². The van der Waals surface area contributed by atoms with Crippen molar-refractivity contribution in [2.75, 3.05) is 0 Å². The molecule has 0 bridgehead atoms. The van der Waals surface area contributed by atoms with Crippen LogP contribution in [0.15, 0.2) is 18.2 Å². The molecule has 0 saturated carbocycles. The number of carbonyl (C=O) groups is 1. The van der Waals surface area contributed by atoms with Crippen molar-refractivity contribution >= 4 is 5.91 Å². The molecule has 0 aliphatic heterocycles. The molecule has 0 saturated heterocycles. The van der Waals surface area contributed by atoms with Crippen molar-refractivity contribution < 1.29 is 4.79 Å². The van der Waals surface area contributed by atoms with Crippen molar-refractivity contribution in [2.45, 2.75) is 52.6 Å². The summed E-state index contributed by atoms with van der Waals surface area (Å²) in [6, 6.07) is 5.93. The zero-order valence-electron chi connectivity index (χ0n) is 12.0. The number of hydrogen-bond acceptors (Lipinski definition) is 2. The molecule has 3 N–H and O–H groups in total. The maximum atomic E-state index is 11.4. The number of rotatable bonds is 3. The Bertz CT molecular complexity index is 431. The van der Waals surface area contributed by atoms with Gasteiger partial charge in [-0.1, -0.05) is 39.0 Å². The first-order valence-corrected chi connectivity index (χ1v) is 6.35. The molecule has 1 unspecified atom stereocenters. The summed E-state index contributed by atoms with van der Waals surface area (Å²) in [4.78, 5) is 11.4. The predicted molar refractivity (Wildman–Crippen MR) is 75.4 cm³/mol. The Morgan fingerprint density at radius 1 is 1.39 bits per heavy atom. The maximum absolute atomic E-state index is 11.4. The average molecular weight is 248 g/mol. The van der Waals surface area contributed by atoms with Gasteiger partial charge in [0.1, 0.15) is 0 Å². The summed E-state index contributed by atoms with van der Waals surface area (Å²) in [7, 11) is 0. The normalized spacial score (nSPS) is 13.2. The average Bonchev–Trinajstić information content (AvgIpc) is 2.25. The molecule has 0 aromatic heterocycles. The van der Waals surface area contributed by atoms with E-state index < -0.39 is 6.04 Å². The molecule has 0 aliphatic rings. The van der Waals surface area contributed by atoms with Crippen LogP contribution >= 0.6 is 0 Å². The summed E-state index contributed by atoms with van der Waals surface area (Å²) in [6.45, 7) is 10.9. The van der Waals surface area contributed by atoms with Crippen LogP contribution in [0, 0.1) is 6.92 Å². The number of aryl methyl sites for hydroxylation is 1. The first-order chi connectivity index (χ1) is 8.21. The Hall–Kier alpha value is -1.35.